The van der Waals surface area contributed by atoms with Crippen molar-refractivity contribution in [3.63, 3.8) is 0 Å². The Bertz CT molecular complexity index is 972. The second-order valence-corrected chi connectivity index (χ2v) is 8.97. The van der Waals surface area contributed by atoms with Crippen molar-refractivity contribution in [2.75, 3.05) is 13.6 Å². The molecular weight excluding hydrogens is 438 g/mol. The third-order valence-electron chi connectivity index (χ3n) is 6.21. The molecule has 0 N–H and O–H groups in total. The van der Waals surface area contributed by atoms with Gasteiger partial charge in [-0.2, -0.15) is 0 Å². The fourth-order valence-electron chi connectivity index (χ4n) is 4.23. The number of azide groups is 1. The standard InChI is InChI=1S/C28H39N5O2/c1-4-6-8-12-20-26(32(3)22-23-16-10-9-11-17-23)28(35)33(21-15-7-5-2)27(34)24-18-13-14-19-25(24)30-31-29/h9-11,13-14,16-19,26H,4-8,12,15,20-22H2,1-3H3. The van der Waals surface area contributed by atoms with E-state index in [0.29, 0.717) is 19.5 Å². The van der Waals surface area contributed by atoms with Crippen LogP contribution >= 0.6 is 0 Å². The van der Waals surface area contributed by atoms with Gasteiger partial charge in [-0.1, -0.05) is 106 Å². The van der Waals surface area contributed by atoms with Crippen LogP contribution in [0.25, 0.3) is 10.4 Å². The van der Waals surface area contributed by atoms with Crippen molar-refractivity contribution in [1.29, 1.82) is 0 Å². The number of carbonyl (C=O) groups is 2. The lowest BCUT2D eigenvalue weighted by atomic mass is 10.0. The third-order valence-corrected chi connectivity index (χ3v) is 6.21. The lowest BCUT2D eigenvalue weighted by Gasteiger charge is -2.32. The van der Waals surface area contributed by atoms with E-state index in [1.165, 1.54) is 4.90 Å². The number of amides is 2. The molecule has 0 aliphatic rings. The van der Waals surface area contributed by atoms with E-state index >= 15 is 0 Å². The molecule has 1 unspecified atom stereocenters. The summed E-state index contributed by atoms with van der Waals surface area (Å²) in [5, 5.41) is 3.68. The highest BCUT2D eigenvalue weighted by atomic mass is 16.2. The van der Waals surface area contributed by atoms with Gasteiger partial charge < -0.3 is 0 Å². The number of unbranched alkanes of at least 4 members (excludes halogenated alkanes) is 5. The molecule has 2 rings (SSSR count). The molecule has 2 aromatic rings. The maximum absolute atomic E-state index is 14.0. The van der Waals surface area contributed by atoms with Gasteiger partial charge in [0.05, 0.1) is 11.7 Å². The monoisotopic (exact) mass is 477 g/mol. The summed E-state index contributed by atoms with van der Waals surface area (Å²) in [4.78, 5) is 33.9. The van der Waals surface area contributed by atoms with Gasteiger partial charge in [-0.3, -0.25) is 19.4 Å². The molecule has 2 aromatic carbocycles. The molecule has 0 saturated carbocycles. The molecule has 0 fully saturated rings. The fourth-order valence-corrected chi connectivity index (χ4v) is 4.23. The van der Waals surface area contributed by atoms with Crippen molar-refractivity contribution >= 4 is 17.5 Å². The van der Waals surface area contributed by atoms with E-state index < -0.39 is 11.9 Å². The van der Waals surface area contributed by atoms with Crippen molar-refractivity contribution in [1.82, 2.24) is 9.80 Å². The largest absolute Gasteiger partial charge is 0.291 e. The smallest absolute Gasteiger partial charge is 0.260 e. The van der Waals surface area contributed by atoms with Gasteiger partial charge in [0.1, 0.15) is 0 Å². The third kappa shape index (κ3) is 8.85. The maximum atomic E-state index is 14.0. The molecule has 7 nitrogen and oxygen atoms in total. The number of imide groups is 1. The predicted octanol–water partition coefficient (Wildman–Crippen LogP) is 7.26. The summed E-state index contributed by atoms with van der Waals surface area (Å²) in [6.07, 6.45) is 7.58. The van der Waals surface area contributed by atoms with Gasteiger partial charge in [-0.25, -0.2) is 0 Å². The van der Waals surface area contributed by atoms with Crippen LogP contribution in [0.3, 0.4) is 0 Å². The number of benzene rings is 2. The zero-order valence-electron chi connectivity index (χ0n) is 21.4. The number of hydrogen-bond acceptors (Lipinski definition) is 4. The van der Waals surface area contributed by atoms with Crippen molar-refractivity contribution in [2.24, 2.45) is 5.11 Å². The number of rotatable bonds is 15. The highest BCUT2D eigenvalue weighted by Gasteiger charge is 2.32. The van der Waals surface area contributed by atoms with Crippen molar-refractivity contribution in [3.05, 3.63) is 76.2 Å². The molecule has 0 bridgehead atoms. The Morgan fingerprint density at radius 3 is 2.26 bits per heavy atom. The lowest BCUT2D eigenvalue weighted by Crippen LogP contribution is -2.49. The van der Waals surface area contributed by atoms with Gasteiger partial charge in [0.2, 0.25) is 5.91 Å². The number of carbonyl (C=O) groups excluding carboxylic acids is 2. The lowest BCUT2D eigenvalue weighted by molar-refractivity contribution is -0.134. The average molecular weight is 478 g/mol. The van der Waals surface area contributed by atoms with Crippen LogP contribution in [-0.4, -0.2) is 41.2 Å². The molecule has 0 aliphatic heterocycles. The molecule has 2 amide bonds. The summed E-state index contributed by atoms with van der Waals surface area (Å²) in [6.45, 7) is 5.23. The Morgan fingerprint density at radius 1 is 0.914 bits per heavy atom. The summed E-state index contributed by atoms with van der Waals surface area (Å²) in [5.74, 6) is -0.586. The average Bonchev–Trinajstić information content (AvgIpc) is 2.87. The maximum Gasteiger partial charge on any atom is 0.260 e. The zero-order chi connectivity index (χ0) is 25.5. The van der Waals surface area contributed by atoms with Crippen molar-refractivity contribution in [3.8, 4) is 0 Å². The van der Waals surface area contributed by atoms with Gasteiger partial charge in [0.25, 0.3) is 5.91 Å². The number of hydrogen-bond donors (Lipinski definition) is 0. The van der Waals surface area contributed by atoms with Gasteiger partial charge >= 0.3 is 0 Å². The van der Waals surface area contributed by atoms with Crippen molar-refractivity contribution < 1.29 is 9.59 Å². The number of nitrogens with zero attached hydrogens (tertiary/aromatic N) is 5. The normalized spacial score (nSPS) is 11.7. The summed E-state index contributed by atoms with van der Waals surface area (Å²) < 4.78 is 0. The first-order valence-corrected chi connectivity index (χ1v) is 12.8. The Hall–Kier alpha value is -3.15. The van der Waals surface area contributed by atoms with E-state index in [-0.39, 0.29) is 17.2 Å². The molecule has 0 radical (unpaired) electrons. The second-order valence-electron chi connectivity index (χ2n) is 8.97. The first-order valence-electron chi connectivity index (χ1n) is 12.8. The quantitative estimate of drug-likeness (QED) is 0.117. The topological polar surface area (TPSA) is 89.4 Å². The van der Waals surface area contributed by atoms with E-state index in [2.05, 4.69) is 40.9 Å². The molecule has 0 heterocycles. The highest BCUT2D eigenvalue weighted by molar-refractivity contribution is 6.08. The Balaban J connectivity index is 2.35. The van der Waals surface area contributed by atoms with E-state index in [1.54, 1.807) is 24.3 Å². The molecule has 188 valence electrons. The minimum Gasteiger partial charge on any atom is -0.291 e. The van der Waals surface area contributed by atoms with Crippen LogP contribution in [0, 0.1) is 0 Å². The van der Waals surface area contributed by atoms with Crippen LogP contribution in [0.5, 0.6) is 0 Å². The summed E-state index contributed by atoms with van der Waals surface area (Å²) >= 11 is 0. The molecule has 0 aromatic heterocycles. The van der Waals surface area contributed by atoms with Crippen LogP contribution in [0.1, 0.15) is 81.1 Å². The molecule has 0 aliphatic carbocycles. The highest BCUT2D eigenvalue weighted by Crippen LogP contribution is 2.23. The van der Waals surface area contributed by atoms with Gasteiger partial charge in [-0.05, 0) is 37.1 Å². The van der Waals surface area contributed by atoms with Gasteiger partial charge in [-0.15, -0.1) is 0 Å². The fraction of sp³-hybridized carbons (Fsp3) is 0.500. The van der Waals surface area contributed by atoms with E-state index in [1.807, 2.05) is 25.2 Å². The van der Waals surface area contributed by atoms with Gasteiger partial charge in [0.15, 0.2) is 0 Å². The van der Waals surface area contributed by atoms with E-state index in [9.17, 15) is 9.59 Å². The Morgan fingerprint density at radius 2 is 1.57 bits per heavy atom. The number of likely N-dealkylation sites (N-methyl/N-ethyl adjacent to an activating group) is 1. The molecule has 0 saturated heterocycles. The summed E-state index contributed by atoms with van der Waals surface area (Å²) in [5.41, 5.74) is 10.6. The molecular formula is C28H39N5O2. The van der Waals surface area contributed by atoms with Gasteiger partial charge in [0, 0.05) is 23.6 Å². The SMILES string of the molecule is CCCCCCC(C(=O)N(CCCCC)C(=O)c1ccccc1N=[N+]=[N-])N(C)Cc1ccccc1. The predicted molar refractivity (Wildman–Crippen MR) is 141 cm³/mol. The molecule has 7 heteroatoms. The van der Waals surface area contributed by atoms with Crippen LogP contribution in [0.4, 0.5) is 5.69 Å². The first-order chi connectivity index (χ1) is 17.0. The van der Waals surface area contributed by atoms with Crippen molar-refractivity contribution in [2.45, 2.75) is 77.8 Å². The first kappa shape index (κ1) is 28.1. The van der Waals surface area contributed by atoms with Crippen LogP contribution in [0.15, 0.2) is 59.7 Å². The second kappa shape index (κ2) is 15.7. The Labute approximate surface area is 209 Å². The van der Waals surface area contributed by atoms with Crippen LogP contribution < -0.4 is 0 Å². The van der Waals surface area contributed by atoms with E-state index in [4.69, 9.17) is 5.53 Å². The minimum absolute atomic E-state index is 0.184. The van der Waals surface area contributed by atoms with Crippen LogP contribution in [0.2, 0.25) is 0 Å². The molecule has 0 spiro atoms. The molecule has 35 heavy (non-hydrogen) atoms. The summed E-state index contributed by atoms with van der Waals surface area (Å²) in [7, 11) is 1.96. The molecule has 1 atom stereocenters. The summed E-state index contributed by atoms with van der Waals surface area (Å²) in [6, 6.07) is 16.3. The van der Waals surface area contributed by atoms with E-state index in [0.717, 1.165) is 50.5 Å². The minimum atomic E-state index is -0.413. The Kier molecular flexibility index (Phi) is 12.6. The van der Waals surface area contributed by atoms with Crippen LogP contribution in [-0.2, 0) is 11.3 Å². The zero-order valence-corrected chi connectivity index (χ0v) is 21.4.